The maximum Gasteiger partial charge on any atom is 0.0716 e. The zero-order valence-corrected chi connectivity index (χ0v) is 11.2. The van der Waals surface area contributed by atoms with Crippen LogP contribution in [-0.2, 0) is 0 Å². The Hall–Kier alpha value is -0.533. The number of hydrogen-bond donors (Lipinski definition) is 0. The van der Waals surface area contributed by atoms with Gasteiger partial charge in [0, 0.05) is 5.00 Å². The van der Waals surface area contributed by atoms with Crippen molar-refractivity contribution in [1.29, 1.82) is 0 Å². The SMILES string of the molecule is CC(C)=C[SiH2]C(Cl)c1ccc(C)cc1. The van der Waals surface area contributed by atoms with Gasteiger partial charge in [-0.3, -0.25) is 0 Å². The highest BCUT2D eigenvalue weighted by Crippen LogP contribution is 2.19. The first-order valence-electron chi connectivity index (χ1n) is 4.93. The van der Waals surface area contributed by atoms with Crippen molar-refractivity contribution in [2.45, 2.75) is 25.8 Å². The highest BCUT2D eigenvalue weighted by atomic mass is 35.5. The van der Waals surface area contributed by atoms with Gasteiger partial charge < -0.3 is 0 Å². The summed E-state index contributed by atoms with van der Waals surface area (Å²) in [5, 5.41) is 0.241. The Morgan fingerprint density at radius 1 is 1.29 bits per heavy atom. The minimum Gasteiger partial charge on any atom is -0.122 e. The van der Waals surface area contributed by atoms with E-state index in [0.717, 1.165) is 0 Å². The van der Waals surface area contributed by atoms with E-state index in [0.29, 0.717) is 0 Å². The molecule has 0 bridgehead atoms. The predicted octanol–water partition coefficient (Wildman–Crippen LogP) is 3.32. The molecule has 1 aromatic rings. The van der Waals surface area contributed by atoms with Crippen molar-refractivity contribution in [3.8, 4) is 0 Å². The standard InChI is InChI=1S/C12H17ClSi/c1-9(2)8-14-12(13)11-6-4-10(3)5-7-11/h4-8,12H,14H2,1-3H3. The third-order valence-corrected chi connectivity index (χ3v) is 4.90. The first-order valence-corrected chi connectivity index (χ1v) is 7.00. The van der Waals surface area contributed by atoms with Gasteiger partial charge in [0.1, 0.15) is 0 Å². The van der Waals surface area contributed by atoms with Crippen LogP contribution in [0.1, 0.15) is 30.0 Å². The second-order valence-corrected chi connectivity index (χ2v) is 6.64. The van der Waals surface area contributed by atoms with Crippen molar-refractivity contribution in [3.63, 3.8) is 0 Å². The lowest BCUT2D eigenvalue weighted by atomic mass is 10.2. The van der Waals surface area contributed by atoms with Crippen LogP contribution in [0.15, 0.2) is 35.5 Å². The lowest BCUT2D eigenvalue weighted by Crippen LogP contribution is -1.99. The first-order chi connectivity index (χ1) is 6.59. The van der Waals surface area contributed by atoms with Crippen molar-refractivity contribution in [3.05, 3.63) is 46.7 Å². The second-order valence-electron chi connectivity index (χ2n) is 3.90. The van der Waals surface area contributed by atoms with E-state index in [2.05, 4.69) is 50.7 Å². The molecule has 0 N–H and O–H groups in total. The number of aryl methyl sites for hydroxylation is 1. The van der Waals surface area contributed by atoms with Crippen LogP contribution in [0, 0.1) is 6.92 Å². The lowest BCUT2D eigenvalue weighted by Gasteiger charge is -2.07. The molecule has 0 aromatic heterocycles. The second kappa shape index (κ2) is 5.37. The summed E-state index contributed by atoms with van der Waals surface area (Å²) in [5.74, 6) is 0. The van der Waals surface area contributed by atoms with E-state index < -0.39 is 0 Å². The zero-order valence-electron chi connectivity index (χ0n) is 9.05. The molecule has 76 valence electrons. The monoisotopic (exact) mass is 224 g/mol. The van der Waals surface area contributed by atoms with Crippen LogP contribution in [0.2, 0.25) is 0 Å². The molecule has 1 atom stereocenters. The average Bonchev–Trinajstić information content (AvgIpc) is 2.15. The molecule has 0 spiro atoms. The van der Waals surface area contributed by atoms with Crippen molar-refractivity contribution < 1.29 is 0 Å². The minimum absolute atomic E-state index is 0.241. The molecule has 0 fully saturated rings. The molecule has 0 aliphatic carbocycles. The fourth-order valence-corrected chi connectivity index (χ4v) is 2.89. The summed E-state index contributed by atoms with van der Waals surface area (Å²) in [6, 6.07) is 8.53. The molecule has 0 saturated carbocycles. The molecule has 0 nitrogen and oxygen atoms in total. The topological polar surface area (TPSA) is 0 Å². The Morgan fingerprint density at radius 3 is 2.36 bits per heavy atom. The fraction of sp³-hybridized carbons (Fsp3) is 0.333. The highest BCUT2D eigenvalue weighted by Gasteiger charge is 2.05. The molecule has 0 heterocycles. The fourth-order valence-electron chi connectivity index (χ4n) is 1.25. The lowest BCUT2D eigenvalue weighted by molar-refractivity contribution is 1.30. The maximum absolute atomic E-state index is 6.32. The van der Waals surface area contributed by atoms with Gasteiger partial charge in [-0.25, -0.2) is 0 Å². The summed E-state index contributed by atoms with van der Waals surface area (Å²) < 4.78 is 0. The zero-order chi connectivity index (χ0) is 10.6. The quantitative estimate of drug-likeness (QED) is 0.546. The Bertz CT molecular complexity index is 310. The normalized spacial score (nSPS) is 13.1. The van der Waals surface area contributed by atoms with Gasteiger partial charge in [-0.05, 0) is 26.3 Å². The summed E-state index contributed by atoms with van der Waals surface area (Å²) in [7, 11) is -0.319. The molecule has 1 unspecified atom stereocenters. The van der Waals surface area contributed by atoms with Gasteiger partial charge in [0.25, 0.3) is 0 Å². The van der Waals surface area contributed by atoms with Gasteiger partial charge in [0.2, 0.25) is 0 Å². The van der Waals surface area contributed by atoms with Gasteiger partial charge >= 0.3 is 0 Å². The summed E-state index contributed by atoms with van der Waals surface area (Å²) in [5.41, 5.74) is 6.26. The molecular weight excluding hydrogens is 208 g/mol. The number of allylic oxidation sites excluding steroid dienone is 1. The number of alkyl halides is 1. The molecule has 1 aromatic carbocycles. The van der Waals surface area contributed by atoms with Crippen molar-refractivity contribution >= 4 is 21.1 Å². The third-order valence-electron chi connectivity index (χ3n) is 2.17. The van der Waals surface area contributed by atoms with Crippen LogP contribution in [-0.4, -0.2) is 9.52 Å². The molecule has 0 radical (unpaired) electrons. The van der Waals surface area contributed by atoms with E-state index >= 15 is 0 Å². The molecule has 0 amide bonds. The molecule has 0 aliphatic heterocycles. The number of rotatable bonds is 3. The van der Waals surface area contributed by atoms with Crippen molar-refractivity contribution in [2.75, 3.05) is 0 Å². The molecule has 1 rings (SSSR count). The number of hydrogen-bond acceptors (Lipinski definition) is 0. The Kier molecular flexibility index (Phi) is 4.43. The van der Waals surface area contributed by atoms with Gasteiger partial charge in [-0.15, -0.1) is 17.3 Å². The molecule has 0 saturated heterocycles. The predicted molar refractivity (Wildman–Crippen MR) is 67.7 cm³/mol. The van der Waals surface area contributed by atoms with Crippen LogP contribution in [0.25, 0.3) is 0 Å². The van der Waals surface area contributed by atoms with E-state index in [1.165, 1.54) is 16.7 Å². The smallest absolute Gasteiger partial charge is 0.0716 e. The molecule has 0 aliphatic rings. The van der Waals surface area contributed by atoms with Crippen LogP contribution < -0.4 is 0 Å². The van der Waals surface area contributed by atoms with E-state index in [1.807, 2.05) is 0 Å². The largest absolute Gasteiger partial charge is 0.122 e. The Morgan fingerprint density at radius 2 is 1.86 bits per heavy atom. The van der Waals surface area contributed by atoms with E-state index in [9.17, 15) is 0 Å². The maximum atomic E-state index is 6.32. The van der Waals surface area contributed by atoms with Crippen LogP contribution in [0.5, 0.6) is 0 Å². The molecule has 2 heteroatoms. The highest BCUT2D eigenvalue weighted by molar-refractivity contribution is 6.56. The van der Waals surface area contributed by atoms with Crippen molar-refractivity contribution in [2.24, 2.45) is 0 Å². The molecule has 14 heavy (non-hydrogen) atoms. The third kappa shape index (κ3) is 3.68. The summed E-state index contributed by atoms with van der Waals surface area (Å²) in [4.78, 5) is 0. The summed E-state index contributed by atoms with van der Waals surface area (Å²) >= 11 is 6.32. The van der Waals surface area contributed by atoms with E-state index in [-0.39, 0.29) is 14.5 Å². The van der Waals surface area contributed by atoms with Crippen LogP contribution >= 0.6 is 11.6 Å². The van der Waals surface area contributed by atoms with Crippen LogP contribution in [0.3, 0.4) is 0 Å². The van der Waals surface area contributed by atoms with Crippen molar-refractivity contribution in [1.82, 2.24) is 0 Å². The Labute approximate surface area is 93.8 Å². The van der Waals surface area contributed by atoms with Gasteiger partial charge in [0.05, 0.1) is 9.52 Å². The van der Waals surface area contributed by atoms with Gasteiger partial charge in [-0.1, -0.05) is 35.4 Å². The van der Waals surface area contributed by atoms with Gasteiger partial charge in [-0.2, -0.15) is 0 Å². The summed E-state index contributed by atoms with van der Waals surface area (Å²) in [6.07, 6.45) is 0. The average molecular weight is 225 g/mol. The number of halogens is 1. The Balaban J connectivity index is 2.65. The van der Waals surface area contributed by atoms with Gasteiger partial charge in [0.15, 0.2) is 0 Å². The minimum atomic E-state index is -0.319. The summed E-state index contributed by atoms with van der Waals surface area (Å²) in [6.45, 7) is 6.36. The molecular formula is C12H17ClSi. The first kappa shape index (κ1) is 11.5. The van der Waals surface area contributed by atoms with E-state index in [4.69, 9.17) is 11.6 Å². The van der Waals surface area contributed by atoms with Crippen LogP contribution in [0.4, 0.5) is 0 Å². The van der Waals surface area contributed by atoms with E-state index in [1.54, 1.807) is 0 Å². The number of benzene rings is 1.